The fourth-order valence-corrected chi connectivity index (χ4v) is 5.71. The average molecular weight is 650 g/mol. The number of hydrogen-bond acceptors (Lipinski definition) is 3. The van der Waals surface area contributed by atoms with Crippen LogP contribution in [0.1, 0.15) is 101 Å². The Hall–Kier alpha value is -1.89. The van der Waals surface area contributed by atoms with E-state index in [4.69, 9.17) is 16.3 Å². The minimum atomic E-state index is -0.0657. The molecule has 0 radical (unpaired) electrons. The Balaban J connectivity index is 0.00000560. The topological polar surface area (TPSA) is 42.2 Å². The van der Waals surface area contributed by atoms with Crippen LogP contribution < -0.4 is 31.6 Å². The number of benzene rings is 2. The number of rotatable bonds is 19. The summed E-state index contributed by atoms with van der Waals surface area (Å²) in [7, 11) is 0. The molecule has 3 aromatic rings. The number of aromatic nitrogens is 1. The van der Waals surface area contributed by atoms with Crippen molar-refractivity contribution in [3.63, 3.8) is 0 Å². The van der Waals surface area contributed by atoms with E-state index in [1.165, 1.54) is 76.3 Å². The van der Waals surface area contributed by atoms with Gasteiger partial charge in [-0.2, -0.15) is 4.57 Å². The van der Waals surface area contributed by atoms with Crippen molar-refractivity contribution in [1.29, 1.82) is 0 Å². The summed E-state index contributed by atoms with van der Waals surface area (Å²) in [5.41, 5.74) is 6.15. The van der Waals surface area contributed by atoms with Gasteiger partial charge in [-0.3, -0.25) is 4.79 Å². The van der Waals surface area contributed by atoms with Gasteiger partial charge in [0.15, 0.2) is 12.2 Å². The van der Waals surface area contributed by atoms with Crippen LogP contribution in [0, 0.1) is 6.92 Å². The van der Waals surface area contributed by atoms with Crippen molar-refractivity contribution in [3.05, 3.63) is 75.2 Å². The smallest absolute Gasteiger partial charge is 0.228 e. The van der Waals surface area contributed by atoms with Crippen LogP contribution >= 0.6 is 22.9 Å². The second-order valence-electron chi connectivity index (χ2n) is 10.5. The zero-order valence-electron chi connectivity index (χ0n) is 24.2. The molecule has 0 atom stereocenters. The van der Waals surface area contributed by atoms with Crippen LogP contribution in [0.3, 0.4) is 0 Å². The zero-order chi connectivity index (χ0) is 27.7. The third-order valence-corrected chi connectivity index (χ3v) is 8.17. The second kappa shape index (κ2) is 20.1. The zero-order valence-corrected chi connectivity index (χ0v) is 27.4. The van der Waals surface area contributed by atoms with Crippen LogP contribution in [0.5, 0.6) is 5.75 Å². The molecule has 0 unspecified atom stereocenters. The monoisotopic (exact) mass is 648 g/mol. The number of hydrogen-bond donors (Lipinski definition) is 1. The van der Waals surface area contributed by atoms with Crippen LogP contribution in [0.4, 0.5) is 5.69 Å². The predicted molar refractivity (Wildman–Crippen MR) is 165 cm³/mol. The first-order chi connectivity index (χ1) is 19.0. The first kappa shape index (κ1) is 34.3. The Kier molecular flexibility index (Phi) is 17.2. The molecule has 0 aliphatic heterocycles. The number of aryl methyl sites for hydroxylation is 1. The van der Waals surface area contributed by atoms with Gasteiger partial charge in [0.25, 0.3) is 0 Å². The van der Waals surface area contributed by atoms with Gasteiger partial charge in [-0.15, -0.1) is 0 Å². The third-order valence-electron chi connectivity index (χ3n) is 7.08. The summed E-state index contributed by atoms with van der Waals surface area (Å²) in [5, 5.41) is 5.81. The van der Waals surface area contributed by atoms with E-state index < -0.39 is 0 Å². The summed E-state index contributed by atoms with van der Waals surface area (Å²) in [4.78, 5) is 12.9. The number of halogens is 2. The van der Waals surface area contributed by atoms with E-state index in [1.54, 1.807) is 11.3 Å². The van der Waals surface area contributed by atoms with Gasteiger partial charge in [0.2, 0.25) is 11.4 Å². The fraction of sp³-hybridized carbons (Fsp3) is 0.515. The lowest BCUT2D eigenvalue weighted by Crippen LogP contribution is -3.00. The number of carbonyl (C=O) groups excluding carboxylic acids is 1. The average Bonchev–Trinajstić information content (AvgIpc) is 3.32. The summed E-state index contributed by atoms with van der Waals surface area (Å²) in [6, 6.07) is 13.6. The van der Waals surface area contributed by atoms with E-state index >= 15 is 0 Å². The molecule has 1 amide bonds. The summed E-state index contributed by atoms with van der Waals surface area (Å²) in [6.07, 6.45) is 16.0. The third kappa shape index (κ3) is 13.2. The van der Waals surface area contributed by atoms with Gasteiger partial charge >= 0.3 is 0 Å². The Morgan fingerprint density at radius 1 is 0.925 bits per heavy atom. The molecule has 220 valence electrons. The minimum Gasteiger partial charge on any atom is -1.00 e. The van der Waals surface area contributed by atoms with Gasteiger partial charge in [-0.25, -0.2) is 0 Å². The van der Waals surface area contributed by atoms with Crippen molar-refractivity contribution in [1.82, 2.24) is 0 Å². The normalized spacial score (nSPS) is 10.8. The molecule has 0 fully saturated rings. The van der Waals surface area contributed by atoms with Crippen LogP contribution in [-0.4, -0.2) is 12.5 Å². The number of nitrogens with zero attached hydrogens (tertiary/aromatic N) is 1. The first-order valence-electron chi connectivity index (χ1n) is 14.8. The molecule has 1 heterocycles. The number of anilines is 1. The standard InChI is InChI=1S/C33H45ClN2O2S.BrH/c1-3-4-5-6-7-8-9-10-11-12-13-14-20-38-32-23-30(34)19-18-29(32)22-33(37)35-31-17-15-16-28(21-31)24-36-26-39-25-27(36)2;/h15-19,21,23,25-26H,3-14,20,22,24H2,1-2H3;1H. The summed E-state index contributed by atoms with van der Waals surface area (Å²) in [5.74, 6) is 0.642. The number of carbonyl (C=O) groups is 1. The van der Waals surface area contributed by atoms with E-state index in [1.807, 2.05) is 36.4 Å². The van der Waals surface area contributed by atoms with Gasteiger partial charge in [-0.05, 0) is 30.7 Å². The molecule has 3 rings (SSSR count). The Morgan fingerprint density at radius 2 is 1.60 bits per heavy atom. The fourth-order valence-electron chi connectivity index (χ4n) is 4.77. The first-order valence-corrected chi connectivity index (χ1v) is 16.1. The van der Waals surface area contributed by atoms with Gasteiger partial charge in [0, 0.05) is 28.8 Å². The van der Waals surface area contributed by atoms with E-state index in [-0.39, 0.29) is 29.3 Å². The largest absolute Gasteiger partial charge is 1.00 e. The quantitative estimate of drug-likeness (QED) is 0.122. The van der Waals surface area contributed by atoms with Crippen molar-refractivity contribution in [3.8, 4) is 5.75 Å². The van der Waals surface area contributed by atoms with Gasteiger partial charge in [0.1, 0.15) is 5.75 Å². The lowest BCUT2D eigenvalue weighted by molar-refractivity contribution is -0.689. The van der Waals surface area contributed by atoms with Gasteiger partial charge < -0.3 is 27.0 Å². The van der Waals surface area contributed by atoms with Crippen molar-refractivity contribution in [2.45, 2.75) is 104 Å². The SMILES string of the molecule is CCCCCCCCCCCCCCOc1cc(Cl)ccc1CC(=O)Nc1cccc(C[n+]2cscc2C)c1.[Br-]. The molecule has 40 heavy (non-hydrogen) atoms. The van der Waals surface area contributed by atoms with Crippen molar-refractivity contribution in [2.24, 2.45) is 0 Å². The van der Waals surface area contributed by atoms with E-state index in [2.05, 4.69) is 40.7 Å². The van der Waals surface area contributed by atoms with Crippen LogP contribution in [0.15, 0.2) is 53.4 Å². The maximum absolute atomic E-state index is 12.9. The molecule has 1 aromatic heterocycles. The molecule has 1 N–H and O–H groups in total. The number of amides is 1. The molecular weight excluding hydrogens is 604 g/mol. The summed E-state index contributed by atoms with van der Waals surface area (Å²) < 4.78 is 8.29. The Bertz CT molecular complexity index is 1140. The molecule has 0 spiro atoms. The highest BCUT2D eigenvalue weighted by molar-refractivity contribution is 7.07. The van der Waals surface area contributed by atoms with E-state index in [9.17, 15) is 4.79 Å². The minimum absolute atomic E-state index is 0. The van der Waals surface area contributed by atoms with E-state index in [0.29, 0.717) is 17.4 Å². The van der Waals surface area contributed by atoms with Crippen molar-refractivity contribution < 1.29 is 31.1 Å². The molecule has 7 heteroatoms. The van der Waals surface area contributed by atoms with Gasteiger partial charge in [0.05, 0.1) is 18.4 Å². The van der Waals surface area contributed by atoms with Crippen LogP contribution in [0.2, 0.25) is 5.02 Å². The highest BCUT2D eigenvalue weighted by atomic mass is 79.9. The lowest BCUT2D eigenvalue weighted by atomic mass is 10.1. The maximum Gasteiger partial charge on any atom is 0.228 e. The summed E-state index contributed by atoms with van der Waals surface area (Å²) >= 11 is 7.94. The van der Waals surface area contributed by atoms with Crippen molar-refractivity contribution in [2.75, 3.05) is 11.9 Å². The highest BCUT2D eigenvalue weighted by Crippen LogP contribution is 2.25. The number of nitrogens with one attached hydrogen (secondary N) is 1. The molecule has 0 saturated carbocycles. The molecule has 0 aliphatic carbocycles. The number of thiazole rings is 1. The molecule has 0 bridgehead atoms. The van der Waals surface area contributed by atoms with E-state index in [0.717, 1.165) is 29.8 Å². The van der Waals surface area contributed by atoms with Crippen LogP contribution in [-0.2, 0) is 17.8 Å². The summed E-state index contributed by atoms with van der Waals surface area (Å²) in [6.45, 7) is 5.81. The lowest BCUT2D eigenvalue weighted by Gasteiger charge is -2.13. The van der Waals surface area contributed by atoms with Crippen LogP contribution in [0.25, 0.3) is 0 Å². The molecule has 2 aromatic carbocycles. The Morgan fingerprint density at radius 3 is 2.25 bits per heavy atom. The maximum atomic E-state index is 12.9. The molecule has 0 aliphatic rings. The van der Waals surface area contributed by atoms with Gasteiger partial charge in [-0.1, -0.05) is 119 Å². The molecule has 0 saturated heterocycles. The highest BCUT2D eigenvalue weighted by Gasteiger charge is 2.12. The molecule has 4 nitrogen and oxygen atoms in total. The predicted octanol–water partition coefficient (Wildman–Crippen LogP) is 6.31. The molecular formula is C33H46BrClN2O2S. The van der Waals surface area contributed by atoms with Crippen molar-refractivity contribution >= 4 is 34.5 Å². The Labute approximate surface area is 261 Å². The number of ether oxygens (including phenoxy) is 1. The number of unbranched alkanes of at least 4 members (excludes halogenated alkanes) is 11. The second-order valence-corrected chi connectivity index (χ2v) is 11.7.